The zero-order valence-electron chi connectivity index (χ0n) is 14.8. The average molecular weight is 373 g/mol. The first-order valence-electron chi connectivity index (χ1n) is 8.63. The predicted octanol–water partition coefficient (Wildman–Crippen LogP) is 2.13. The summed E-state index contributed by atoms with van der Waals surface area (Å²) in [5, 5.41) is 21.9. The number of rotatable bonds is 3. The summed E-state index contributed by atoms with van der Waals surface area (Å²) in [6, 6.07) is 16.9. The number of aromatic nitrogens is 6. The SMILES string of the molecule is COc1cccc(-c2n[nH]c(=O)c3c2[C@@H](c2ccccc2)n2nnnc2N3)c1. The van der Waals surface area contributed by atoms with Crippen LogP contribution in [0.5, 0.6) is 5.75 Å². The van der Waals surface area contributed by atoms with Gasteiger partial charge in [0.05, 0.1) is 12.8 Å². The third-order valence-corrected chi connectivity index (χ3v) is 4.73. The standard InChI is InChI=1S/C19H15N7O2/c1-28-13-9-5-8-12(10-13)15-14-16(18(27)22-21-15)20-19-23-24-25-26(19)17(14)11-6-3-2-4-7-11/h2-10,17H,1H3,(H,22,27)(H,20,23,25)/t17-/m1/s1. The van der Waals surface area contributed by atoms with Crippen molar-refractivity contribution in [2.45, 2.75) is 6.04 Å². The van der Waals surface area contributed by atoms with Crippen LogP contribution in [0.4, 0.5) is 11.6 Å². The van der Waals surface area contributed by atoms with Crippen molar-refractivity contribution in [2.24, 2.45) is 0 Å². The highest BCUT2D eigenvalue weighted by Crippen LogP contribution is 2.41. The minimum Gasteiger partial charge on any atom is -0.497 e. The molecule has 1 aliphatic heterocycles. The van der Waals surface area contributed by atoms with E-state index in [0.29, 0.717) is 28.6 Å². The van der Waals surface area contributed by atoms with Crippen LogP contribution in [0.15, 0.2) is 59.4 Å². The van der Waals surface area contributed by atoms with Crippen LogP contribution < -0.4 is 15.6 Å². The number of hydrogen-bond donors (Lipinski definition) is 2. The van der Waals surface area contributed by atoms with E-state index in [1.807, 2.05) is 54.6 Å². The number of nitrogens with one attached hydrogen (secondary N) is 2. The lowest BCUT2D eigenvalue weighted by atomic mass is 9.92. The Hall–Kier alpha value is -4.01. The van der Waals surface area contributed by atoms with E-state index >= 15 is 0 Å². The number of benzene rings is 2. The van der Waals surface area contributed by atoms with Crippen LogP contribution in [0.1, 0.15) is 17.2 Å². The van der Waals surface area contributed by atoms with E-state index in [9.17, 15) is 4.79 Å². The van der Waals surface area contributed by atoms with Crippen LogP contribution in [0.25, 0.3) is 11.3 Å². The van der Waals surface area contributed by atoms with Gasteiger partial charge in [-0.1, -0.05) is 47.6 Å². The van der Waals surface area contributed by atoms with Crippen LogP contribution >= 0.6 is 0 Å². The summed E-state index contributed by atoms with van der Waals surface area (Å²) in [7, 11) is 1.61. The molecule has 0 aliphatic carbocycles. The minimum atomic E-state index is -0.404. The Labute approximate surface area is 159 Å². The molecule has 1 atom stereocenters. The van der Waals surface area contributed by atoms with Gasteiger partial charge in [0, 0.05) is 11.1 Å². The fraction of sp³-hybridized carbons (Fsp3) is 0.105. The number of fused-ring (bicyclic) bond motifs is 2. The highest BCUT2D eigenvalue weighted by atomic mass is 16.5. The number of ether oxygens (including phenoxy) is 1. The maximum Gasteiger partial charge on any atom is 0.288 e. The molecule has 2 aromatic heterocycles. The molecule has 138 valence electrons. The van der Waals surface area contributed by atoms with Gasteiger partial charge in [-0.25, -0.2) is 5.10 Å². The van der Waals surface area contributed by atoms with Crippen molar-refractivity contribution in [3.8, 4) is 17.0 Å². The third kappa shape index (κ3) is 2.44. The quantitative estimate of drug-likeness (QED) is 0.498. The molecule has 1 aliphatic rings. The van der Waals surface area contributed by atoms with Crippen molar-refractivity contribution in [1.82, 2.24) is 30.4 Å². The number of methoxy groups -OCH3 is 1. The number of aromatic amines is 1. The molecule has 0 saturated heterocycles. The number of H-pyrrole nitrogens is 1. The lowest BCUT2D eigenvalue weighted by molar-refractivity contribution is 0.415. The predicted molar refractivity (Wildman–Crippen MR) is 102 cm³/mol. The Morgan fingerprint density at radius 1 is 1.11 bits per heavy atom. The molecule has 9 heteroatoms. The normalized spacial score (nSPS) is 14.7. The topological polar surface area (TPSA) is 111 Å². The lowest BCUT2D eigenvalue weighted by Crippen LogP contribution is -2.29. The molecular formula is C19H15N7O2. The van der Waals surface area contributed by atoms with Crippen molar-refractivity contribution in [3.63, 3.8) is 0 Å². The Bertz CT molecular complexity index is 1220. The number of nitrogens with zero attached hydrogens (tertiary/aromatic N) is 5. The molecule has 28 heavy (non-hydrogen) atoms. The molecule has 0 fully saturated rings. The lowest BCUT2D eigenvalue weighted by Gasteiger charge is -2.27. The van der Waals surface area contributed by atoms with Crippen LogP contribution in [0, 0.1) is 0 Å². The van der Waals surface area contributed by atoms with Crippen LogP contribution in [-0.4, -0.2) is 37.5 Å². The Kier molecular flexibility index (Phi) is 3.64. The highest BCUT2D eigenvalue weighted by molar-refractivity contribution is 5.76. The fourth-order valence-electron chi connectivity index (χ4n) is 3.47. The Morgan fingerprint density at radius 3 is 2.79 bits per heavy atom. The van der Waals surface area contributed by atoms with Gasteiger partial charge in [-0.15, -0.1) is 0 Å². The fourth-order valence-corrected chi connectivity index (χ4v) is 3.47. The van der Waals surface area contributed by atoms with Crippen molar-refractivity contribution in [2.75, 3.05) is 12.4 Å². The average Bonchev–Trinajstić information content (AvgIpc) is 3.22. The van der Waals surface area contributed by atoms with Gasteiger partial charge in [0.25, 0.3) is 5.56 Å². The molecular weight excluding hydrogens is 358 g/mol. The van der Waals surface area contributed by atoms with E-state index in [1.54, 1.807) is 11.8 Å². The van der Waals surface area contributed by atoms with Gasteiger partial charge in [0.15, 0.2) is 0 Å². The van der Waals surface area contributed by atoms with E-state index < -0.39 is 6.04 Å². The van der Waals surface area contributed by atoms with Gasteiger partial charge in [0.2, 0.25) is 5.95 Å². The summed E-state index contributed by atoms with van der Waals surface area (Å²) >= 11 is 0. The van der Waals surface area contributed by atoms with Crippen LogP contribution in [0.2, 0.25) is 0 Å². The van der Waals surface area contributed by atoms with Gasteiger partial charge >= 0.3 is 0 Å². The number of hydrogen-bond acceptors (Lipinski definition) is 7. The number of tetrazole rings is 1. The first kappa shape index (κ1) is 16.2. The molecule has 3 heterocycles. The van der Waals surface area contributed by atoms with Crippen LogP contribution in [-0.2, 0) is 0 Å². The summed E-state index contributed by atoms with van der Waals surface area (Å²) in [6.45, 7) is 0. The van der Waals surface area contributed by atoms with E-state index in [2.05, 4.69) is 31.0 Å². The second-order valence-electron chi connectivity index (χ2n) is 6.31. The number of anilines is 2. The minimum absolute atomic E-state index is 0.336. The second-order valence-corrected chi connectivity index (χ2v) is 6.31. The molecule has 0 amide bonds. The van der Waals surface area contributed by atoms with E-state index in [-0.39, 0.29) is 5.56 Å². The largest absolute Gasteiger partial charge is 0.497 e. The molecule has 0 unspecified atom stereocenters. The Balaban J connectivity index is 1.81. The summed E-state index contributed by atoms with van der Waals surface area (Å²) < 4.78 is 7.00. The first-order chi connectivity index (χ1) is 13.8. The van der Waals surface area contributed by atoms with E-state index in [4.69, 9.17) is 4.74 Å². The summed E-state index contributed by atoms with van der Waals surface area (Å²) in [5.74, 6) is 1.09. The van der Waals surface area contributed by atoms with E-state index in [1.165, 1.54) is 0 Å². The highest BCUT2D eigenvalue weighted by Gasteiger charge is 2.34. The molecule has 2 aromatic carbocycles. The molecule has 0 saturated carbocycles. The van der Waals surface area contributed by atoms with Gasteiger partial charge in [-0.05, 0) is 28.1 Å². The maximum atomic E-state index is 12.6. The molecule has 0 bridgehead atoms. The van der Waals surface area contributed by atoms with Crippen molar-refractivity contribution in [1.29, 1.82) is 0 Å². The zero-order valence-corrected chi connectivity index (χ0v) is 14.8. The molecule has 9 nitrogen and oxygen atoms in total. The first-order valence-corrected chi connectivity index (χ1v) is 8.63. The molecule has 4 aromatic rings. The van der Waals surface area contributed by atoms with Crippen molar-refractivity contribution in [3.05, 3.63) is 76.1 Å². The Morgan fingerprint density at radius 2 is 1.96 bits per heavy atom. The molecule has 0 radical (unpaired) electrons. The van der Waals surface area contributed by atoms with Gasteiger partial charge in [-0.2, -0.15) is 9.78 Å². The summed E-state index contributed by atoms with van der Waals surface area (Å²) in [5.41, 5.74) is 3.11. The molecule has 0 spiro atoms. The van der Waals surface area contributed by atoms with E-state index in [0.717, 1.165) is 11.1 Å². The smallest absolute Gasteiger partial charge is 0.288 e. The summed E-state index contributed by atoms with van der Waals surface area (Å²) in [4.78, 5) is 12.6. The second kappa shape index (κ2) is 6.31. The van der Waals surface area contributed by atoms with Gasteiger partial charge in [0.1, 0.15) is 17.5 Å². The zero-order chi connectivity index (χ0) is 19.1. The van der Waals surface area contributed by atoms with Crippen LogP contribution in [0.3, 0.4) is 0 Å². The maximum absolute atomic E-state index is 12.6. The van der Waals surface area contributed by atoms with Gasteiger partial charge in [-0.3, -0.25) is 4.79 Å². The van der Waals surface area contributed by atoms with Crippen molar-refractivity contribution >= 4 is 11.6 Å². The third-order valence-electron chi connectivity index (χ3n) is 4.73. The molecule has 2 N–H and O–H groups in total. The summed E-state index contributed by atoms with van der Waals surface area (Å²) in [6.07, 6.45) is 0. The monoisotopic (exact) mass is 373 g/mol. The van der Waals surface area contributed by atoms with Crippen molar-refractivity contribution < 1.29 is 4.74 Å². The van der Waals surface area contributed by atoms with Gasteiger partial charge < -0.3 is 10.1 Å². The molecule has 5 rings (SSSR count).